The number of hydrogen-bond acceptors (Lipinski definition) is 6. The molecule has 7 heteroatoms. The second kappa shape index (κ2) is 7.13. The summed E-state index contributed by atoms with van der Waals surface area (Å²) in [4.78, 5) is 24.3. The van der Waals surface area contributed by atoms with Gasteiger partial charge in [-0.1, -0.05) is 19.0 Å². The second-order valence-electron chi connectivity index (χ2n) is 5.58. The molecule has 0 spiro atoms. The van der Waals surface area contributed by atoms with Gasteiger partial charge in [0.05, 0.1) is 17.5 Å². The highest BCUT2D eigenvalue weighted by atomic mass is 16.5. The molecule has 0 fully saturated rings. The Bertz CT molecular complexity index is 653. The molecule has 0 saturated carbocycles. The summed E-state index contributed by atoms with van der Waals surface area (Å²) in [7, 11) is 0. The fraction of sp³-hybridized carbons (Fsp3) is 0.438. The molecule has 0 radical (unpaired) electrons. The van der Waals surface area contributed by atoms with Crippen LogP contribution >= 0.6 is 0 Å². The van der Waals surface area contributed by atoms with Gasteiger partial charge in [-0.25, -0.2) is 4.79 Å². The van der Waals surface area contributed by atoms with Crippen molar-refractivity contribution in [2.24, 2.45) is 5.92 Å². The normalized spacial score (nSPS) is 12.2. The summed E-state index contributed by atoms with van der Waals surface area (Å²) < 4.78 is 15.4. The minimum atomic E-state index is -0.770. The van der Waals surface area contributed by atoms with Crippen molar-refractivity contribution in [3.8, 4) is 0 Å². The SMILES string of the molecule is Cc1noc(C)c1COC(=O)[C@H](NC(=O)c1ccco1)C(C)C. The van der Waals surface area contributed by atoms with Gasteiger partial charge < -0.3 is 19.0 Å². The van der Waals surface area contributed by atoms with Gasteiger partial charge in [-0.3, -0.25) is 4.79 Å². The Kier molecular flexibility index (Phi) is 5.20. The zero-order valence-corrected chi connectivity index (χ0v) is 13.6. The Morgan fingerprint density at radius 1 is 1.35 bits per heavy atom. The monoisotopic (exact) mass is 320 g/mol. The van der Waals surface area contributed by atoms with Crippen LogP contribution in [-0.4, -0.2) is 23.1 Å². The molecule has 23 heavy (non-hydrogen) atoms. The molecule has 0 aliphatic rings. The highest BCUT2D eigenvalue weighted by molar-refractivity contribution is 5.94. The van der Waals surface area contributed by atoms with Gasteiger partial charge in [0, 0.05) is 0 Å². The zero-order chi connectivity index (χ0) is 17.0. The molecule has 0 saturated heterocycles. The number of aryl methyl sites for hydroxylation is 2. The van der Waals surface area contributed by atoms with Crippen molar-refractivity contribution < 1.29 is 23.3 Å². The molecule has 2 rings (SSSR count). The molecule has 2 heterocycles. The van der Waals surface area contributed by atoms with E-state index in [0.717, 1.165) is 5.56 Å². The second-order valence-corrected chi connectivity index (χ2v) is 5.58. The molecule has 0 aromatic carbocycles. The smallest absolute Gasteiger partial charge is 0.329 e. The fourth-order valence-corrected chi connectivity index (χ4v) is 2.06. The number of ether oxygens (including phenoxy) is 1. The summed E-state index contributed by atoms with van der Waals surface area (Å²) in [5.74, 6) is -0.348. The lowest BCUT2D eigenvalue weighted by Crippen LogP contribution is -2.45. The molecular weight excluding hydrogens is 300 g/mol. The minimum Gasteiger partial charge on any atom is -0.459 e. The number of nitrogens with zero attached hydrogens (tertiary/aromatic N) is 1. The predicted octanol–water partition coefficient (Wildman–Crippen LogP) is 2.38. The average Bonchev–Trinajstić information content (AvgIpc) is 3.13. The molecule has 124 valence electrons. The molecule has 7 nitrogen and oxygen atoms in total. The van der Waals surface area contributed by atoms with Crippen LogP contribution in [0.4, 0.5) is 0 Å². The van der Waals surface area contributed by atoms with E-state index in [4.69, 9.17) is 13.7 Å². The number of rotatable bonds is 6. The molecular formula is C16H20N2O5. The van der Waals surface area contributed by atoms with Crippen molar-refractivity contribution in [2.45, 2.75) is 40.3 Å². The molecule has 2 aromatic heterocycles. The van der Waals surface area contributed by atoms with Crippen LogP contribution in [0, 0.1) is 19.8 Å². The van der Waals surface area contributed by atoms with E-state index in [1.54, 1.807) is 19.9 Å². The molecule has 0 unspecified atom stereocenters. The van der Waals surface area contributed by atoms with Gasteiger partial charge in [0.15, 0.2) is 5.76 Å². The maximum atomic E-state index is 12.3. The zero-order valence-electron chi connectivity index (χ0n) is 13.6. The number of amides is 1. The number of carbonyl (C=O) groups excluding carboxylic acids is 2. The Balaban J connectivity index is 2.00. The molecule has 0 bridgehead atoms. The first-order chi connectivity index (χ1) is 10.9. The summed E-state index contributed by atoms with van der Waals surface area (Å²) in [5, 5.41) is 6.44. The average molecular weight is 320 g/mol. The van der Waals surface area contributed by atoms with Crippen molar-refractivity contribution in [2.75, 3.05) is 0 Å². The van der Waals surface area contributed by atoms with Gasteiger partial charge in [-0.05, 0) is 31.9 Å². The number of nitrogens with one attached hydrogen (secondary N) is 1. The summed E-state index contributed by atoms with van der Waals surface area (Å²) in [5.41, 5.74) is 1.41. The third kappa shape index (κ3) is 4.00. The van der Waals surface area contributed by atoms with Crippen LogP contribution in [0.1, 0.15) is 41.4 Å². The number of furan rings is 1. The number of esters is 1. The van der Waals surface area contributed by atoms with Crippen molar-refractivity contribution in [3.63, 3.8) is 0 Å². The van der Waals surface area contributed by atoms with E-state index in [1.165, 1.54) is 12.3 Å². The summed E-state index contributed by atoms with van der Waals surface area (Å²) >= 11 is 0. The Morgan fingerprint density at radius 3 is 2.61 bits per heavy atom. The number of hydrogen-bond donors (Lipinski definition) is 1. The van der Waals surface area contributed by atoms with Crippen LogP contribution in [0.3, 0.4) is 0 Å². The van der Waals surface area contributed by atoms with Crippen LogP contribution in [-0.2, 0) is 16.1 Å². The number of carbonyl (C=O) groups is 2. The lowest BCUT2D eigenvalue weighted by atomic mass is 10.0. The van der Waals surface area contributed by atoms with E-state index in [-0.39, 0.29) is 18.3 Å². The van der Waals surface area contributed by atoms with E-state index in [2.05, 4.69) is 10.5 Å². The van der Waals surface area contributed by atoms with Gasteiger partial charge in [0.2, 0.25) is 0 Å². The first-order valence-electron chi connectivity index (χ1n) is 7.33. The molecule has 2 aromatic rings. The topological polar surface area (TPSA) is 94.6 Å². The molecule has 1 atom stereocenters. The van der Waals surface area contributed by atoms with Crippen LogP contribution < -0.4 is 5.32 Å². The van der Waals surface area contributed by atoms with E-state index in [1.807, 2.05) is 13.8 Å². The lowest BCUT2D eigenvalue weighted by Gasteiger charge is -2.20. The van der Waals surface area contributed by atoms with Gasteiger partial charge >= 0.3 is 5.97 Å². The van der Waals surface area contributed by atoms with Crippen molar-refractivity contribution >= 4 is 11.9 Å². The molecule has 0 aliphatic heterocycles. The van der Waals surface area contributed by atoms with Crippen molar-refractivity contribution in [1.82, 2.24) is 10.5 Å². The van der Waals surface area contributed by atoms with Gasteiger partial charge in [-0.15, -0.1) is 0 Å². The Labute approximate surface area is 134 Å². The lowest BCUT2D eigenvalue weighted by molar-refractivity contribution is -0.148. The van der Waals surface area contributed by atoms with Crippen molar-refractivity contribution in [3.05, 3.63) is 41.2 Å². The predicted molar refractivity (Wildman–Crippen MR) is 80.6 cm³/mol. The maximum Gasteiger partial charge on any atom is 0.329 e. The Morgan fingerprint density at radius 2 is 2.09 bits per heavy atom. The summed E-state index contributed by atoms with van der Waals surface area (Å²) in [6, 6.07) is 2.37. The summed E-state index contributed by atoms with van der Waals surface area (Å²) in [6.45, 7) is 7.23. The largest absolute Gasteiger partial charge is 0.459 e. The third-order valence-electron chi connectivity index (χ3n) is 3.49. The highest BCUT2D eigenvalue weighted by Crippen LogP contribution is 2.15. The van der Waals surface area contributed by atoms with Gasteiger partial charge in [-0.2, -0.15) is 0 Å². The van der Waals surface area contributed by atoms with Crippen LogP contribution in [0.25, 0.3) is 0 Å². The van der Waals surface area contributed by atoms with Crippen LogP contribution in [0.2, 0.25) is 0 Å². The van der Waals surface area contributed by atoms with Gasteiger partial charge in [0.1, 0.15) is 18.4 Å². The first kappa shape index (κ1) is 16.8. The maximum absolute atomic E-state index is 12.3. The third-order valence-corrected chi connectivity index (χ3v) is 3.49. The molecule has 0 aliphatic carbocycles. The van der Waals surface area contributed by atoms with E-state index in [0.29, 0.717) is 11.5 Å². The van der Waals surface area contributed by atoms with E-state index < -0.39 is 17.9 Å². The highest BCUT2D eigenvalue weighted by Gasteiger charge is 2.27. The number of aromatic nitrogens is 1. The molecule has 1 N–H and O–H groups in total. The molecule has 1 amide bonds. The van der Waals surface area contributed by atoms with E-state index >= 15 is 0 Å². The van der Waals surface area contributed by atoms with Crippen LogP contribution in [0.5, 0.6) is 0 Å². The van der Waals surface area contributed by atoms with E-state index in [9.17, 15) is 9.59 Å². The van der Waals surface area contributed by atoms with Crippen LogP contribution in [0.15, 0.2) is 27.3 Å². The first-order valence-corrected chi connectivity index (χ1v) is 7.33. The quantitative estimate of drug-likeness (QED) is 0.821. The standard InChI is InChI=1S/C16H20N2O5/c1-9(2)14(17-15(19)13-6-5-7-21-13)16(20)22-8-12-10(3)18-23-11(12)4/h5-7,9,14H,8H2,1-4H3,(H,17,19)/t14-/m1/s1. The minimum absolute atomic E-state index is 0.0554. The fourth-order valence-electron chi connectivity index (χ4n) is 2.06. The summed E-state index contributed by atoms with van der Waals surface area (Å²) in [6.07, 6.45) is 1.40. The van der Waals surface area contributed by atoms with Gasteiger partial charge in [0.25, 0.3) is 5.91 Å². The Hall–Kier alpha value is -2.57. The van der Waals surface area contributed by atoms with Crippen molar-refractivity contribution in [1.29, 1.82) is 0 Å².